The molecule has 0 N–H and O–H groups in total. The average Bonchev–Trinajstić information content (AvgIpc) is 2.35. The molecule has 0 bridgehead atoms. The van der Waals surface area contributed by atoms with E-state index in [0.717, 1.165) is 17.7 Å². The first-order valence-corrected chi connectivity index (χ1v) is 6.69. The molecular weight excluding hydrogens is 322 g/mol. The van der Waals surface area contributed by atoms with E-state index < -0.39 is 11.6 Å². The highest BCUT2D eigenvalue weighted by Gasteiger charge is 2.15. The Kier molecular flexibility index (Phi) is 4.36. The summed E-state index contributed by atoms with van der Waals surface area (Å²) in [5.41, 5.74) is 1.19. The Balaban J connectivity index is 2.25. The van der Waals surface area contributed by atoms with Crippen molar-refractivity contribution in [1.82, 2.24) is 0 Å². The van der Waals surface area contributed by atoms with Crippen molar-refractivity contribution in [2.45, 2.75) is 11.2 Å². The Hall–Kier alpha value is -0.930. The van der Waals surface area contributed by atoms with Crippen molar-refractivity contribution >= 4 is 27.5 Å². The van der Waals surface area contributed by atoms with Crippen molar-refractivity contribution in [1.29, 1.82) is 0 Å². The largest absolute Gasteiger partial charge is 0.207 e. The Morgan fingerprint density at radius 2 is 1.83 bits per heavy atom. The molecule has 0 nitrogen and oxygen atoms in total. The second-order valence-corrected chi connectivity index (χ2v) is 5.44. The summed E-state index contributed by atoms with van der Waals surface area (Å²) in [4.78, 5) is -0.312. The molecule has 18 heavy (non-hydrogen) atoms. The molecule has 0 aliphatic rings. The van der Waals surface area contributed by atoms with Gasteiger partial charge < -0.3 is 0 Å². The first kappa shape index (κ1) is 13.5. The van der Waals surface area contributed by atoms with E-state index in [4.69, 9.17) is 11.6 Å². The van der Waals surface area contributed by atoms with Crippen LogP contribution in [0.25, 0.3) is 0 Å². The van der Waals surface area contributed by atoms with Crippen molar-refractivity contribution in [2.75, 3.05) is 0 Å². The number of halogens is 4. The van der Waals surface area contributed by atoms with Crippen molar-refractivity contribution in [2.24, 2.45) is 0 Å². The quantitative estimate of drug-likeness (QED) is 0.670. The van der Waals surface area contributed by atoms with Crippen LogP contribution in [0, 0.1) is 11.6 Å². The van der Waals surface area contributed by atoms with Crippen molar-refractivity contribution in [3.63, 3.8) is 0 Å². The van der Waals surface area contributed by atoms with Crippen LogP contribution in [-0.4, -0.2) is 0 Å². The van der Waals surface area contributed by atoms with Crippen molar-refractivity contribution in [3.05, 3.63) is 70.2 Å². The second-order valence-electron chi connectivity index (χ2n) is 3.93. The Bertz CT molecular complexity index is 557. The minimum absolute atomic E-state index is 0.301. The zero-order valence-electron chi connectivity index (χ0n) is 9.34. The molecule has 0 amide bonds. The third-order valence-corrected chi connectivity index (χ3v) is 3.84. The van der Waals surface area contributed by atoms with Gasteiger partial charge in [0.05, 0.1) is 0 Å². The first-order chi connectivity index (χ1) is 8.58. The molecule has 0 saturated carbocycles. The third-order valence-electron chi connectivity index (χ3n) is 2.65. The van der Waals surface area contributed by atoms with E-state index >= 15 is 0 Å². The lowest BCUT2D eigenvalue weighted by atomic mass is 10.0. The minimum atomic E-state index is -0.449. The number of hydrogen-bond acceptors (Lipinski definition) is 0. The summed E-state index contributed by atoms with van der Waals surface area (Å²) in [7, 11) is 0. The highest BCUT2D eigenvalue weighted by molar-refractivity contribution is 9.09. The number of benzene rings is 2. The van der Waals surface area contributed by atoms with Crippen LogP contribution in [0.15, 0.2) is 42.5 Å². The molecule has 0 heterocycles. The molecule has 2 aromatic rings. The smallest absolute Gasteiger partial charge is 0.127 e. The molecular formula is C14H10BrClF2. The summed E-state index contributed by atoms with van der Waals surface area (Å²) in [5.74, 6) is -0.875. The lowest BCUT2D eigenvalue weighted by molar-refractivity contribution is 0.583. The predicted molar refractivity (Wildman–Crippen MR) is 73.2 cm³/mol. The van der Waals surface area contributed by atoms with E-state index in [1.165, 1.54) is 6.07 Å². The van der Waals surface area contributed by atoms with Gasteiger partial charge in [-0.05, 0) is 36.2 Å². The fourth-order valence-electron chi connectivity index (χ4n) is 1.72. The number of hydrogen-bond donors (Lipinski definition) is 0. The van der Waals surface area contributed by atoms with Crippen LogP contribution in [0.2, 0.25) is 5.02 Å². The molecule has 0 aliphatic carbocycles. The van der Waals surface area contributed by atoms with Gasteiger partial charge in [0.1, 0.15) is 11.6 Å². The molecule has 4 heteroatoms. The lowest BCUT2D eigenvalue weighted by Gasteiger charge is -2.12. The van der Waals surface area contributed by atoms with Crippen LogP contribution in [0.1, 0.15) is 16.0 Å². The second kappa shape index (κ2) is 5.81. The van der Waals surface area contributed by atoms with Gasteiger partial charge in [-0.1, -0.05) is 45.7 Å². The van der Waals surface area contributed by atoms with Crippen molar-refractivity contribution in [3.8, 4) is 0 Å². The van der Waals surface area contributed by atoms with Gasteiger partial charge in [-0.2, -0.15) is 0 Å². The molecule has 0 fully saturated rings. The van der Waals surface area contributed by atoms with Crippen LogP contribution in [0.5, 0.6) is 0 Å². The zero-order chi connectivity index (χ0) is 13.1. The normalized spacial score (nSPS) is 12.4. The lowest BCUT2D eigenvalue weighted by Crippen LogP contribution is -2.00. The van der Waals surface area contributed by atoms with E-state index in [9.17, 15) is 8.78 Å². The predicted octanol–water partition coefficient (Wildman–Crippen LogP) is 5.30. The monoisotopic (exact) mass is 330 g/mol. The van der Waals surface area contributed by atoms with Gasteiger partial charge in [0.25, 0.3) is 0 Å². The summed E-state index contributed by atoms with van der Waals surface area (Å²) >= 11 is 9.41. The molecule has 0 saturated heterocycles. The highest BCUT2D eigenvalue weighted by Crippen LogP contribution is 2.31. The summed E-state index contributed by atoms with van der Waals surface area (Å²) in [6, 6.07) is 10.8. The third kappa shape index (κ3) is 3.09. The maximum Gasteiger partial charge on any atom is 0.127 e. The van der Waals surface area contributed by atoms with Gasteiger partial charge in [0.15, 0.2) is 0 Å². The molecule has 0 spiro atoms. The van der Waals surface area contributed by atoms with Gasteiger partial charge in [-0.3, -0.25) is 0 Å². The van der Waals surface area contributed by atoms with Crippen LogP contribution < -0.4 is 0 Å². The maximum atomic E-state index is 13.6. The topological polar surface area (TPSA) is 0 Å². The van der Waals surface area contributed by atoms with E-state index in [2.05, 4.69) is 15.9 Å². The Morgan fingerprint density at radius 1 is 1.11 bits per heavy atom. The fraction of sp³-hybridized carbons (Fsp3) is 0.143. The molecule has 0 aliphatic heterocycles. The molecule has 1 unspecified atom stereocenters. The van der Waals surface area contributed by atoms with Gasteiger partial charge in [0, 0.05) is 15.4 Å². The molecule has 0 radical (unpaired) electrons. The van der Waals surface area contributed by atoms with Gasteiger partial charge >= 0.3 is 0 Å². The number of rotatable bonds is 3. The number of alkyl halides is 1. The van der Waals surface area contributed by atoms with Crippen LogP contribution >= 0.6 is 27.5 Å². The van der Waals surface area contributed by atoms with Crippen LogP contribution in [0.4, 0.5) is 8.78 Å². The average molecular weight is 332 g/mol. The van der Waals surface area contributed by atoms with E-state index in [1.54, 1.807) is 6.07 Å². The molecule has 2 aromatic carbocycles. The molecule has 1 atom stereocenters. The minimum Gasteiger partial charge on any atom is -0.207 e. The highest BCUT2D eigenvalue weighted by atomic mass is 79.9. The van der Waals surface area contributed by atoms with Crippen molar-refractivity contribution < 1.29 is 8.78 Å². The maximum absolute atomic E-state index is 13.6. The zero-order valence-corrected chi connectivity index (χ0v) is 11.7. The first-order valence-electron chi connectivity index (χ1n) is 5.40. The molecule has 94 valence electrons. The Morgan fingerprint density at radius 3 is 2.56 bits per heavy atom. The summed E-state index contributed by atoms with van der Waals surface area (Å²) in [6.07, 6.45) is 0.500. The Labute approximate surface area is 118 Å². The van der Waals surface area contributed by atoms with E-state index in [-0.39, 0.29) is 4.83 Å². The fourth-order valence-corrected chi connectivity index (χ4v) is 2.63. The summed E-state index contributed by atoms with van der Waals surface area (Å²) in [5, 5.41) is 0.624. The van der Waals surface area contributed by atoms with Gasteiger partial charge in [-0.25, -0.2) is 8.78 Å². The summed E-state index contributed by atoms with van der Waals surface area (Å²) in [6.45, 7) is 0. The SMILES string of the molecule is Fc1ccc(F)c(C(Br)Cc2ccccc2Cl)c1. The summed E-state index contributed by atoms with van der Waals surface area (Å²) < 4.78 is 26.7. The van der Waals surface area contributed by atoms with Crippen LogP contribution in [0.3, 0.4) is 0 Å². The molecule has 2 rings (SSSR count). The van der Waals surface area contributed by atoms with Gasteiger partial charge in [0.2, 0.25) is 0 Å². The van der Waals surface area contributed by atoms with E-state index in [1.807, 2.05) is 18.2 Å². The van der Waals surface area contributed by atoms with Gasteiger partial charge in [-0.15, -0.1) is 0 Å². The van der Waals surface area contributed by atoms with Crippen LogP contribution in [-0.2, 0) is 6.42 Å². The standard InChI is InChI=1S/C14H10BrClF2/c15-12(7-9-3-1-2-4-13(9)16)11-8-10(17)5-6-14(11)18/h1-6,8,12H,7H2. The molecule has 0 aromatic heterocycles. The van der Waals surface area contributed by atoms with E-state index in [0.29, 0.717) is 17.0 Å².